The summed E-state index contributed by atoms with van der Waals surface area (Å²) in [6.07, 6.45) is -0.498. The van der Waals surface area contributed by atoms with Gasteiger partial charge in [-0.05, 0) is 59.8 Å². The normalized spacial score (nSPS) is 10.0. The first-order valence-electron chi connectivity index (χ1n) is 6.17. The summed E-state index contributed by atoms with van der Waals surface area (Å²) in [6.45, 7) is 2.06. The van der Waals surface area contributed by atoms with Crippen molar-refractivity contribution in [3.8, 4) is 0 Å². The minimum absolute atomic E-state index is 0.153. The lowest BCUT2D eigenvalue weighted by atomic mass is 10.2. The number of hydrogen-bond donors (Lipinski definition) is 2. The van der Waals surface area contributed by atoms with Crippen molar-refractivity contribution in [1.29, 1.82) is 0 Å². The van der Waals surface area contributed by atoms with Crippen LogP contribution in [0.1, 0.15) is 17.3 Å². The molecule has 0 spiro atoms. The average Bonchev–Trinajstić information content (AvgIpc) is 2.88. The van der Waals surface area contributed by atoms with Crippen LogP contribution < -0.4 is 10.6 Å². The second-order valence-electron chi connectivity index (χ2n) is 4.02. The molecule has 0 atom stereocenters. The van der Waals surface area contributed by atoms with Crippen molar-refractivity contribution < 1.29 is 14.3 Å². The molecule has 21 heavy (non-hydrogen) atoms. The molecular formula is C14H13IN2O3S. The van der Waals surface area contributed by atoms with Gasteiger partial charge in [-0.15, -0.1) is 11.3 Å². The Hall–Kier alpha value is -1.61. The van der Waals surface area contributed by atoms with E-state index in [1.165, 1.54) is 11.3 Å². The summed E-state index contributed by atoms with van der Waals surface area (Å²) in [5.74, 6) is -0.153. The third-order valence-corrected chi connectivity index (χ3v) is 4.28. The van der Waals surface area contributed by atoms with Gasteiger partial charge in [0.15, 0.2) is 0 Å². The van der Waals surface area contributed by atoms with Crippen molar-refractivity contribution in [1.82, 2.24) is 0 Å². The predicted molar refractivity (Wildman–Crippen MR) is 92.1 cm³/mol. The molecule has 1 aromatic carbocycles. The van der Waals surface area contributed by atoms with Crippen LogP contribution in [0.5, 0.6) is 0 Å². The van der Waals surface area contributed by atoms with Gasteiger partial charge in [0, 0.05) is 16.8 Å². The Labute approximate surface area is 139 Å². The summed E-state index contributed by atoms with van der Waals surface area (Å²) in [4.78, 5) is 23.2. The Balaban J connectivity index is 1.96. The van der Waals surface area contributed by atoms with Gasteiger partial charge in [-0.25, -0.2) is 4.79 Å². The van der Waals surface area contributed by atoms with Crippen LogP contribution in [-0.4, -0.2) is 18.6 Å². The Morgan fingerprint density at radius 1 is 1.19 bits per heavy atom. The van der Waals surface area contributed by atoms with Crippen LogP contribution in [0.4, 0.5) is 16.2 Å². The summed E-state index contributed by atoms with van der Waals surface area (Å²) >= 11 is 3.70. The average molecular weight is 416 g/mol. The lowest BCUT2D eigenvalue weighted by Crippen LogP contribution is -2.13. The molecule has 110 valence electrons. The summed E-state index contributed by atoms with van der Waals surface area (Å²) in [6, 6.07) is 8.67. The largest absolute Gasteiger partial charge is 0.450 e. The maximum atomic E-state index is 12.0. The van der Waals surface area contributed by atoms with E-state index >= 15 is 0 Å². The molecule has 2 rings (SSSR count). The predicted octanol–water partition coefficient (Wildman–Crippen LogP) is 4.17. The van der Waals surface area contributed by atoms with Crippen molar-refractivity contribution in [3.63, 3.8) is 0 Å². The molecule has 2 amide bonds. The molecule has 0 saturated heterocycles. The fourth-order valence-electron chi connectivity index (χ4n) is 1.55. The highest BCUT2D eigenvalue weighted by atomic mass is 127. The molecule has 0 radical (unpaired) electrons. The minimum Gasteiger partial charge on any atom is -0.450 e. The van der Waals surface area contributed by atoms with Crippen LogP contribution >= 0.6 is 33.9 Å². The van der Waals surface area contributed by atoms with Crippen molar-refractivity contribution in [2.45, 2.75) is 6.92 Å². The molecule has 0 unspecified atom stereocenters. The zero-order valence-corrected chi connectivity index (χ0v) is 14.2. The monoisotopic (exact) mass is 416 g/mol. The van der Waals surface area contributed by atoms with Gasteiger partial charge < -0.3 is 10.1 Å². The first kappa shape index (κ1) is 15.8. The molecule has 2 aromatic rings. The topological polar surface area (TPSA) is 67.4 Å². The van der Waals surface area contributed by atoms with Gasteiger partial charge >= 0.3 is 6.09 Å². The highest BCUT2D eigenvalue weighted by Gasteiger charge is 2.08. The first-order valence-corrected chi connectivity index (χ1v) is 8.13. The third kappa shape index (κ3) is 4.71. The van der Waals surface area contributed by atoms with Gasteiger partial charge in [0.05, 0.1) is 15.1 Å². The van der Waals surface area contributed by atoms with Crippen LogP contribution in [0, 0.1) is 2.88 Å². The van der Waals surface area contributed by atoms with Crippen LogP contribution in [0.15, 0.2) is 35.7 Å². The molecule has 0 aliphatic carbocycles. The van der Waals surface area contributed by atoms with Gasteiger partial charge in [-0.2, -0.15) is 0 Å². The van der Waals surface area contributed by atoms with E-state index in [0.717, 1.165) is 2.88 Å². The molecule has 1 heterocycles. The summed E-state index contributed by atoms with van der Waals surface area (Å²) in [5.41, 5.74) is 1.91. The number of thiophene rings is 1. The number of carbonyl (C=O) groups excluding carboxylic acids is 2. The SMILES string of the molecule is CCOC(=O)Nc1ccc(NC(=O)c2csc(I)c2)cc1. The van der Waals surface area contributed by atoms with Gasteiger partial charge in [0.25, 0.3) is 5.91 Å². The lowest BCUT2D eigenvalue weighted by Gasteiger charge is -2.07. The molecule has 0 aliphatic rings. The summed E-state index contributed by atoms with van der Waals surface area (Å²) in [7, 11) is 0. The highest BCUT2D eigenvalue weighted by Crippen LogP contribution is 2.19. The zero-order chi connectivity index (χ0) is 15.2. The first-order chi connectivity index (χ1) is 10.1. The maximum absolute atomic E-state index is 12.0. The van der Waals surface area contributed by atoms with Gasteiger partial charge in [0.1, 0.15) is 0 Å². The van der Waals surface area contributed by atoms with Gasteiger partial charge in [-0.3, -0.25) is 10.1 Å². The summed E-state index contributed by atoms with van der Waals surface area (Å²) < 4.78 is 5.84. The van der Waals surface area contributed by atoms with E-state index in [1.54, 1.807) is 31.2 Å². The van der Waals surface area contributed by atoms with E-state index in [9.17, 15) is 9.59 Å². The third-order valence-electron chi connectivity index (χ3n) is 2.49. The van der Waals surface area contributed by atoms with E-state index in [0.29, 0.717) is 23.5 Å². The van der Waals surface area contributed by atoms with Crippen molar-refractivity contribution in [2.24, 2.45) is 0 Å². The fraction of sp³-hybridized carbons (Fsp3) is 0.143. The lowest BCUT2D eigenvalue weighted by molar-refractivity contribution is 0.102. The van der Waals surface area contributed by atoms with Gasteiger partial charge in [0.2, 0.25) is 0 Å². The summed E-state index contributed by atoms with van der Waals surface area (Å²) in [5, 5.41) is 7.20. The minimum atomic E-state index is -0.498. The number of amides is 2. The van der Waals surface area contributed by atoms with Crippen molar-refractivity contribution in [3.05, 3.63) is 44.2 Å². The van der Waals surface area contributed by atoms with E-state index in [4.69, 9.17) is 4.74 Å². The zero-order valence-electron chi connectivity index (χ0n) is 11.2. The van der Waals surface area contributed by atoms with Crippen molar-refractivity contribution >= 4 is 57.3 Å². The number of hydrogen-bond acceptors (Lipinski definition) is 4. The quantitative estimate of drug-likeness (QED) is 0.736. The Morgan fingerprint density at radius 3 is 2.33 bits per heavy atom. The number of carbonyl (C=O) groups is 2. The Morgan fingerprint density at radius 2 is 1.81 bits per heavy atom. The second-order valence-corrected chi connectivity index (χ2v) is 6.82. The smallest absolute Gasteiger partial charge is 0.411 e. The van der Waals surface area contributed by atoms with E-state index in [2.05, 4.69) is 33.2 Å². The molecule has 2 N–H and O–H groups in total. The van der Waals surface area contributed by atoms with Crippen LogP contribution in [0.25, 0.3) is 0 Å². The number of rotatable bonds is 4. The van der Waals surface area contributed by atoms with Crippen molar-refractivity contribution in [2.75, 3.05) is 17.2 Å². The molecule has 1 aromatic heterocycles. The molecule has 0 bridgehead atoms. The highest BCUT2D eigenvalue weighted by molar-refractivity contribution is 14.1. The van der Waals surface area contributed by atoms with E-state index in [1.807, 2.05) is 11.4 Å². The standard InChI is InChI=1S/C14H13IN2O3S/c1-2-20-14(19)17-11-5-3-10(4-6-11)16-13(18)9-7-12(15)21-8-9/h3-8H,2H2,1H3,(H,16,18)(H,17,19). The Kier molecular flexibility index (Phi) is 5.57. The fourth-order valence-corrected chi connectivity index (χ4v) is 2.88. The molecule has 0 saturated carbocycles. The number of benzene rings is 1. The number of halogens is 1. The van der Waals surface area contributed by atoms with Crippen LogP contribution in [-0.2, 0) is 4.74 Å². The number of ether oxygens (including phenoxy) is 1. The van der Waals surface area contributed by atoms with Crippen LogP contribution in [0.2, 0.25) is 0 Å². The maximum Gasteiger partial charge on any atom is 0.411 e. The van der Waals surface area contributed by atoms with Gasteiger partial charge in [-0.1, -0.05) is 0 Å². The molecule has 5 nitrogen and oxygen atoms in total. The van der Waals surface area contributed by atoms with E-state index < -0.39 is 6.09 Å². The molecule has 0 fully saturated rings. The van der Waals surface area contributed by atoms with E-state index in [-0.39, 0.29) is 5.91 Å². The van der Waals surface area contributed by atoms with Crippen LogP contribution in [0.3, 0.4) is 0 Å². The Bertz CT molecular complexity index is 640. The number of anilines is 2. The molecule has 7 heteroatoms. The molecule has 0 aliphatic heterocycles. The number of nitrogens with one attached hydrogen (secondary N) is 2. The molecular weight excluding hydrogens is 403 g/mol. The second kappa shape index (κ2) is 7.41.